The number of nitrogens with zero attached hydrogens (tertiary/aromatic N) is 5. The molecule has 0 aliphatic rings. The van der Waals surface area contributed by atoms with Gasteiger partial charge < -0.3 is 4.74 Å². The number of nitriles is 2. The predicted octanol–water partition coefficient (Wildman–Crippen LogP) is 1.10. The van der Waals surface area contributed by atoms with Crippen LogP contribution in [0.4, 0.5) is 11.5 Å². The number of anilines is 2. The number of methoxy groups -OCH3 is 1. The van der Waals surface area contributed by atoms with Gasteiger partial charge in [0.1, 0.15) is 12.1 Å². The molecule has 10 nitrogen and oxygen atoms in total. The van der Waals surface area contributed by atoms with E-state index in [9.17, 15) is 8.42 Å². The van der Waals surface area contributed by atoms with Gasteiger partial charge in [0.05, 0.1) is 17.7 Å². The zero-order valence-electron chi connectivity index (χ0n) is 12.8. The first-order valence-corrected chi connectivity index (χ1v) is 8.11. The molecule has 0 spiro atoms. The maximum atomic E-state index is 12.3. The monoisotopic (exact) mass is 357 g/mol. The molecule has 126 valence electrons. The van der Waals surface area contributed by atoms with Crippen molar-refractivity contribution < 1.29 is 13.2 Å². The van der Waals surface area contributed by atoms with Gasteiger partial charge in [-0.25, -0.2) is 8.42 Å². The Morgan fingerprint density at radius 3 is 2.32 bits per heavy atom. The lowest BCUT2D eigenvalue weighted by molar-refractivity contribution is 0.392. The second-order valence-corrected chi connectivity index (χ2v) is 6.07. The molecule has 2 rings (SSSR count). The highest BCUT2D eigenvalue weighted by molar-refractivity contribution is 7.92. The van der Waals surface area contributed by atoms with Crippen molar-refractivity contribution in [3.63, 3.8) is 0 Å². The van der Waals surface area contributed by atoms with Crippen molar-refractivity contribution in [3.8, 4) is 18.0 Å². The minimum absolute atomic E-state index is 0.0135. The predicted molar refractivity (Wildman–Crippen MR) is 88.1 cm³/mol. The largest absolute Gasteiger partial charge is 0.480 e. The summed E-state index contributed by atoms with van der Waals surface area (Å²) in [5.41, 5.74) is 2.54. The second-order valence-electron chi connectivity index (χ2n) is 4.39. The third-order valence-corrected chi connectivity index (χ3v) is 4.13. The SMILES string of the molecule is COc1ccc(NS(=O)(=O)c2ccc(NN=C(C#N)C#N)cc2)nn1. The number of nitrogens with one attached hydrogen (secondary N) is 2. The van der Waals surface area contributed by atoms with Gasteiger partial charge in [-0.2, -0.15) is 15.6 Å². The Hall–Kier alpha value is -3.70. The van der Waals surface area contributed by atoms with Crippen LogP contribution in [-0.2, 0) is 10.0 Å². The fourth-order valence-electron chi connectivity index (χ4n) is 1.58. The number of ether oxygens (including phenoxy) is 1. The van der Waals surface area contributed by atoms with Gasteiger partial charge in [0.2, 0.25) is 11.6 Å². The summed E-state index contributed by atoms with van der Waals surface area (Å²) in [5, 5.41) is 28.1. The Labute approximate surface area is 143 Å². The minimum atomic E-state index is -3.85. The van der Waals surface area contributed by atoms with Crippen LogP contribution in [0.2, 0.25) is 0 Å². The van der Waals surface area contributed by atoms with Gasteiger partial charge in [-0.05, 0) is 30.3 Å². The Morgan fingerprint density at radius 1 is 1.12 bits per heavy atom. The van der Waals surface area contributed by atoms with E-state index in [-0.39, 0.29) is 22.3 Å². The smallest absolute Gasteiger partial charge is 0.263 e. The molecule has 2 aromatic rings. The summed E-state index contributed by atoms with van der Waals surface area (Å²) in [6.07, 6.45) is 0. The summed E-state index contributed by atoms with van der Waals surface area (Å²) in [6.45, 7) is 0. The van der Waals surface area contributed by atoms with E-state index >= 15 is 0 Å². The van der Waals surface area contributed by atoms with Crippen LogP contribution in [0.5, 0.6) is 5.88 Å². The summed E-state index contributed by atoms with van der Waals surface area (Å²) in [5.74, 6) is 0.299. The quantitative estimate of drug-likeness (QED) is 0.575. The fraction of sp³-hybridized carbons (Fsp3) is 0.0714. The Balaban J connectivity index is 2.13. The standard InChI is InChI=1S/C14H11N7O3S/c1-24-14-7-6-13(19-20-14)21-25(22,23)12-4-2-10(3-5-12)17-18-11(8-15)9-16/h2-7,17H,1H3,(H,19,21). The molecule has 0 saturated heterocycles. The molecule has 11 heteroatoms. The van der Waals surface area contributed by atoms with Crippen LogP contribution in [0.15, 0.2) is 46.4 Å². The maximum Gasteiger partial charge on any atom is 0.263 e. The molecule has 1 aromatic carbocycles. The van der Waals surface area contributed by atoms with Crippen LogP contribution in [0.3, 0.4) is 0 Å². The van der Waals surface area contributed by atoms with Crippen LogP contribution in [0, 0.1) is 22.7 Å². The van der Waals surface area contributed by atoms with Crippen molar-refractivity contribution >= 4 is 27.2 Å². The molecule has 0 aliphatic carbocycles. The van der Waals surface area contributed by atoms with E-state index in [1.165, 1.54) is 43.5 Å². The van der Waals surface area contributed by atoms with Gasteiger partial charge in [0, 0.05) is 6.07 Å². The number of benzene rings is 1. The van der Waals surface area contributed by atoms with Crippen molar-refractivity contribution in [3.05, 3.63) is 36.4 Å². The summed E-state index contributed by atoms with van der Waals surface area (Å²) in [6, 6.07) is 11.6. The highest BCUT2D eigenvalue weighted by atomic mass is 32.2. The molecule has 1 aromatic heterocycles. The number of aromatic nitrogens is 2. The van der Waals surface area contributed by atoms with Gasteiger partial charge in [-0.3, -0.25) is 10.1 Å². The van der Waals surface area contributed by atoms with Gasteiger partial charge >= 0.3 is 0 Å². The Morgan fingerprint density at radius 2 is 1.80 bits per heavy atom. The first kappa shape index (κ1) is 17.7. The normalized spacial score (nSPS) is 10.0. The number of rotatable bonds is 6. The lowest BCUT2D eigenvalue weighted by atomic mass is 10.3. The van der Waals surface area contributed by atoms with Crippen LogP contribution < -0.4 is 14.9 Å². The third kappa shape index (κ3) is 4.63. The van der Waals surface area contributed by atoms with Crippen LogP contribution in [0.25, 0.3) is 0 Å². The molecular formula is C14H11N7O3S. The zero-order chi connectivity index (χ0) is 18.3. The van der Waals surface area contributed by atoms with E-state index in [1.54, 1.807) is 12.1 Å². The van der Waals surface area contributed by atoms with Gasteiger partial charge in [-0.1, -0.05) is 0 Å². The lowest BCUT2D eigenvalue weighted by Crippen LogP contribution is -2.14. The topological polar surface area (TPSA) is 153 Å². The number of hydrogen-bond acceptors (Lipinski definition) is 9. The van der Waals surface area contributed by atoms with Crippen molar-refractivity contribution in [2.24, 2.45) is 5.10 Å². The molecule has 2 N–H and O–H groups in total. The summed E-state index contributed by atoms with van der Waals surface area (Å²) >= 11 is 0. The van der Waals surface area contributed by atoms with Crippen LogP contribution >= 0.6 is 0 Å². The molecule has 0 saturated carbocycles. The van der Waals surface area contributed by atoms with Gasteiger partial charge in [0.15, 0.2) is 5.82 Å². The molecule has 0 atom stereocenters. The van der Waals surface area contributed by atoms with Crippen molar-refractivity contribution in [2.75, 3.05) is 17.3 Å². The van der Waals surface area contributed by atoms with Crippen molar-refractivity contribution in [2.45, 2.75) is 4.90 Å². The van der Waals surface area contributed by atoms with Crippen molar-refractivity contribution in [1.82, 2.24) is 10.2 Å². The van der Waals surface area contributed by atoms with Crippen LogP contribution in [0.1, 0.15) is 0 Å². The highest BCUT2D eigenvalue weighted by Crippen LogP contribution is 2.17. The van der Waals surface area contributed by atoms with E-state index < -0.39 is 10.0 Å². The van der Waals surface area contributed by atoms with E-state index in [2.05, 4.69) is 25.4 Å². The lowest BCUT2D eigenvalue weighted by Gasteiger charge is -2.08. The molecule has 0 fully saturated rings. The molecular weight excluding hydrogens is 346 g/mol. The molecule has 25 heavy (non-hydrogen) atoms. The number of hydrazone groups is 1. The Bertz CT molecular complexity index is 939. The van der Waals surface area contributed by atoms with E-state index in [0.29, 0.717) is 5.69 Å². The zero-order valence-corrected chi connectivity index (χ0v) is 13.6. The Kier molecular flexibility index (Phi) is 5.45. The average molecular weight is 357 g/mol. The molecule has 0 radical (unpaired) electrons. The molecule has 0 aliphatic heterocycles. The van der Waals surface area contributed by atoms with Gasteiger partial charge in [-0.15, -0.1) is 10.2 Å². The van der Waals surface area contributed by atoms with Crippen LogP contribution in [-0.4, -0.2) is 31.4 Å². The molecule has 0 bridgehead atoms. The summed E-state index contributed by atoms with van der Waals surface area (Å²) in [4.78, 5) is -0.0135. The third-order valence-electron chi connectivity index (χ3n) is 2.76. The molecule has 0 amide bonds. The first-order valence-electron chi connectivity index (χ1n) is 6.63. The minimum Gasteiger partial charge on any atom is -0.480 e. The number of sulfonamides is 1. The van der Waals surface area contributed by atoms with Gasteiger partial charge in [0.25, 0.3) is 10.0 Å². The molecule has 1 heterocycles. The fourth-order valence-corrected chi connectivity index (χ4v) is 2.58. The summed E-state index contributed by atoms with van der Waals surface area (Å²) < 4.78 is 31.7. The van der Waals surface area contributed by atoms with E-state index in [1.807, 2.05) is 0 Å². The van der Waals surface area contributed by atoms with E-state index in [4.69, 9.17) is 15.3 Å². The first-order chi connectivity index (χ1) is 12.0. The number of hydrogen-bond donors (Lipinski definition) is 2. The average Bonchev–Trinajstić information content (AvgIpc) is 2.63. The maximum absolute atomic E-state index is 12.3. The summed E-state index contributed by atoms with van der Waals surface area (Å²) in [7, 11) is -2.43. The molecule has 0 unspecified atom stereocenters. The highest BCUT2D eigenvalue weighted by Gasteiger charge is 2.15. The second kappa shape index (κ2) is 7.72. The van der Waals surface area contributed by atoms with Crippen molar-refractivity contribution in [1.29, 1.82) is 10.5 Å². The van der Waals surface area contributed by atoms with E-state index in [0.717, 1.165) is 0 Å².